The van der Waals surface area contributed by atoms with Crippen molar-refractivity contribution in [2.75, 3.05) is 24.0 Å². The fraction of sp³-hybridized carbons (Fsp3) is 0.190. The molecule has 2 aromatic carbocycles. The van der Waals surface area contributed by atoms with Crippen LogP contribution in [0.15, 0.2) is 59.5 Å². The van der Waals surface area contributed by atoms with Gasteiger partial charge in [-0.1, -0.05) is 6.07 Å². The second-order valence-corrected chi connectivity index (χ2v) is 7.46. The van der Waals surface area contributed by atoms with E-state index < -0.39 is 6.04 Å². The van der Waals surface area contributed by atoms with Gasteiger partial charge in [-0.15, -0.1) is 11.8 Å². The standard InChI is InChI=1S/C21H20N4O3S/c1-28-15-8-6-13(7-9-15)17-11-19-23-20(26)12-18(25(19)24-17)21(27)22-14-4-3-5-16(10-14)29-2/h3-11,18H,12H2,1-2H3,(H,22,27)(H,23,26)/t18-/m1/s1. The topological polar surface area (TPSA) is 85.2 Å². The van der Waals surface area contributed by atoms with Crippen molar-refractivity contribution >= 4 is 35.1 Å². The lowest BCUT2D eigenvalue weighted by Crippen LogP contribution is -2.35. The molecule has 148 valence electrons. The fourth-order valence-corrected chi connectivity index (χ4v) is 3.67. The number of nitrogens with one attached hydrogen (secondary N) is 2. The molecule has 0 saturated carbocycles. The highest BCUT2D eigenvalue weighted by molar-refractivity contribution is 7.98. The summed E-state index contributed by atoms with van der Waals surface area (Å²) in [4.78, 5) is 26.1. The first kappa shape index (κ1) is 19.1. The molecule has 2 heterocycles. The maximum absolute atomic E-state index is 12.9. The Labute approximate surface area is 172 Å². The van der Waals surface area contributed by atoms with Crippen molar-refractivity contribution in [3.63, 3.8) is 0 Å². The summed E-state index contributed by atoms with van der Waals surface area (Å²) in [7, 11) is 1.61. The average molecular weight is 408 g/mol. The molecule has 0 unspecified atom stereocenters. The molecule has 0 saturated heterocycles. The van der Waals surface area contributed by atoms with Crippen molar-refractivity contribution in [3.05, 3.63) is 54.6 Å². The number of carbonyl (C=O) groups excluding carboxylic acids is 2. The molecule has 8 heteroatoms. The molecule has 1 aliphatic rings. The number of thioether (sulfide) groups is 1. The van der Waals surface area contributed by atoms with Gasteiger partial charge in [0.05, 0.1) is 19.2 Å². The van der Waals surface area contributed by atoms with E-state index in [1.165, 1.54) is 0 Å². The largest absolute Gasteiger partial charge is 0.497 e. The van der Waals surface area contributed by atoms with Gasteiger partial charge in [0, 0.05) is 22.2 Å². The molecule has 0 radical (unpaired) electrons. The van der Waals surface area contributed by atoms with Crippen LogP contribution in [-0.4, -0.2) is 35.0 Å². The van der Waals surface area contributed by atoms with E-state index in [-0.39, 0.29) is 18.2 Å². The minimum atomic E-state index is -0.719. The zero-order valence-electron chi connectivity index (χ0n) is 16.0. The average Bonchev–Trinajstić information content (AvgIpc) is 3.17. The number of aromatic nitrogens is 2. The minimum absolute atomic E-state index is 0.0325. The van der Waals surface area contributed by atoms with Crippen LogP contribution >= 0.6 is 11.8 Å². The smallest absolute Gasteiger partial charge is 0.249 e. The maximum atomic E-state index is 12.9. The van der Waals surface area contributed by atoms with Gasteiger partial charge < -0.3 is 15.4 Å². The normalized spacial score (nSPS) is 15.4. The quantitative estimate of drug-likeness (QED) is 0.627. The van der Waals surface area contributed by atoms with Crippen LogP contribution in [0.1, 0.15) is 12.5 Å². The van der Waals surface area contributed by atoms with Gasteiger partial charge in [0.2, 0.25) is 11.8 Å². The van der Waals surface area contributed by atoms with E-state index in [1.54, 1.807) is 29.6 Å². The molecule has 29 heavy (non-hydrogen) atoms. The lowest BCUT2D eigenvalue weighted by Gasteiger charge is -2.23. The number of carbonyl (C=O) groups is 2. The van der Waals surface area contributed by atoms with Gasteiger partial charge in [-0.2, -0.15) is 5.10 Å². The molecule has 0 spiro atoms. The number of benzene rings is 2. The summed E-state index contributed by atoms with van der Waals surface area (Å²) in [6, 6.07) is 16.1. The van der Waals surface area contributed by atoms with Crippen LogP contribution in [0.2, 0.25) is 0 Å². The van der Waals surface area contributed by atoms with Crippen LogP contribution in [0.5, 0.6) is 5.75 Å². The highest BCUT2D eigenvalue weighted by atomic mass is 32.2. The summed E-state index contributed by atoms with van der Waals surface area (Å²) in [5.74, 6) is 0.765. The second kappa shape index (κ2) is 8.00. The number of hydrogen-bond donors (Lipinski definition) is 2. The first-order chi connectivity index (χ1) is 14.1. The Morgan fingerprint density at radius 2 is 2.03 bits per heavy atom. The van der Waals surface area contributed by atoms with Gasteiger partial charge in [0.25, 0.3) is 0 Å². The third-order valence-electron chi connectivity index (χ3n) is 4.70. The van der Waals surface area contributed by atoms with Gasteiger partial charge in [-0.25, -0.2) is 4.68 Å². The number of nitrogens with zero attached hydrogens (tertiary/aromatic N) is 2. The molecule has 2 amide bonds. The Morgan fingerprint density at radius 3 is 2.76 bits per heavy atom. The Morgan fingerprint density at radius 1 is 1.24 bits per heavy atom. The number of fused-ring (bicyclic) bond motifs is 1. The van der Waals surface area contributed by atoms with Crippen LogP contribution in [-0.2, 0) is 9.59 Å². The summed E-state index contributed by atoms with van der Waals surface area (Å²) in [6.45, 7) is 0. The van der Waals surface area contributed by atoms with Crippen LogP contribution in [0.4, 0.5) is 11.5 Å². The van der Waals surface area contributed by atoms with Crippen molar-refractivity contribution in [2.45, 2.75) is 17.4 Å². The summed E-state index contributed by atoms with van der Waals surface area (Å²) in [5.41, 5.74) is 2.23. The van der Waals surface area contributed by atoms with Gasteiger partial charge in [0.1, 0.15) is 17.6 Å². The van der Waals surface area contributed by atoms with Crippen molar-refractivity contribution in [2.24, 2.45) is 0 Å². The number of rotatable bonds is 5. The number of amides is 2. The molecule has 4 rings (SSSR count). The molecule has 7 nitrogen and oxygen atoms in total. The van der Waals surface area contributed by atoms with Crippen LogP contribution in [0.25, 0.3) is 11.3 Å². The number of methoxy groups -OCH3 is 1. The summed E-state index contributed by atoms with van der Waals surface area (Å²) >= 11 is 1.60. The molecular weight excluding hydrogens is 388 g/mol. The zero-order valence-corrected chi connectivity index (χ0v) is 16.8. The van der Waals surface area contributed by atoms with E-state index in [1.807, 2.05) is 54.8 Å². The van der Waals surface area contributed by atoms with Gasteiger partial charge in [-0.05, 0) is 48.7 Å². The Bertz CT molecular complexity index is 1060. The van der Waals surface area contributed by atoms with Gasteiger partial charge >= 0.3 is 0 Å². The molecular formula is C21H20N4O3S. The highest BCUT2D eigenvalue weighted by Gasteiger charge is 2.32. The Balaban J connectivity index is 1.61. The van der Waals surface area contributed by atoms with Crippen LogP contribution < -0.4 is 15.4 Å². The Kier molecular flexibility index (Phi) is 5.26. The molecule has 0 fully saturated rings. The Hall–Kier alpha value is -3.26. The minimum Gasteiger partial charge on any atom is -0.497 e. The van der Waals surface area contributed by atoms with Crippen molar-refractivity contribution in [3.8, 4) is 17.0 Å². The summed E-state index contributed by atoms with van der Waals surface area (Å²) < 4.78 is 6.76. The lowest BCUT2D eigenvalue weighted by atomic mass is 10.1. The highest BCUT2D eigenvalue weighted by Crippen LogP contribution is 2.31. The SMILES string of the molecule is COc1ccc(-c2cc3n(n2)[C@@H](C(=O)Nc2cccc(SC)c2)CC(=O)N3)cc1. The third-order valence-corrected chi connectivity index (χ3v) is 5.43. The zero-order chi connectivity index (χ0) is 20.4. The van der Waals surface area contributed by atoms with E-state index in [0.717, 1.165) is 16.2 Å². The number of hydrogen-bond acceptors (Lipinski definition) is 5. The van der Waals surface area contributed by atoms with Crippen LogP contribution in [0, 0.1) is 0 Å². The first-order valence-corrected chi connectivity index (χ1v) is 10.3. The molecule has 2 N–H and O–H groups in total. The van der Waals surface area contributed by atoms with E-state index in [2.05, 4.69) is 15.7 Å². The molecule has 0 aliphatic carbocycles. The second-order valence-electron chi connectivity index (χ2n) is 6.58. The van der Waals surface area contributed by atoms with Gasteiger partial charge in [0.15, 0.2) is 0 Å². The third kappa shape index (κ3) is 3.97. The summed E-state index contributed by atoms with van der Waals surface area (Å²) in [5, 5.41) is 10.3. The molecule has 0 bridgehead atoms. The number of ether oxygens (including phenoxy) is 1. The van der Waals surface area contributed by atoms with E-state index >= 15 is 0 Å². The van der Waals surface area contributed by atoms with Gasteiger partial charge in [-0.3, -0.25) is 9.59 Å². The van der Waals surface area contributed by atoms with Crippen molar-refractivity contribution in [1.29, 1.82) is 0 Å². The van der Waals surface area contributed by atoms with Crippen molar-refractivity contribution < 1.29 is 14.3 Å². The maximum Gasteiger partial charge on any atom is 0.249 e. The fourth-order valence-electron chi connectivity index (χ4n) is 3.21. The summed E-state index contributed by atoms with van der Waals surface area (Å²) in [6.07, 6.45) is 2.01. The molecule has 3 aromatic rings. The molecule has 1 aliphatic heterocycles. The van der Waals surface area contributed by atoms with Crippen LogP contribution in [0.3, 0.4) is 0 Å². The lowest BCUT2D eigenvalue weighted by molar-refractivity contribution is -0.125. The first-order valence-electron chi connectivity index (χ1n) is 9.06. The predicted molar refractivity (Wildman–Crippen MR) is 113 cm³/mol. The predicted octanol–water partition coefficient (Wildman–Crippen LogP) is 3.80. The molecule has 1 atom stereocenters. The van der Waals surface area contributed by atoms with E-state index in [4.69, 9.17) is 4.74 Å². The van der Waals surface area contributed by atoms with Crippen molar-refractivity contribution in [1.82, 2.24) is 9.78 Å². The number of anilines is 2. The van der Waals surface area contributed by atoms with E-state index in [9.17, 15) is 9.59 Å². The monoisotopic (exact) mass is 408 g/mol. The molecule has 1 aromatic heterocycles. The van der Waals surface area contributed by atoms with E-state index in [0.29, 0.717) is 17.2 Å².